The van der Waals surface area contributed by atoms with Crippen LogP contribution in [0.4, 0.5) is 0 Å². The molecule has 1 atom stereocenters. The van der Waals surface area contributed by atoms with Crippen molar-refractivity contribution in [2.24, 2.45) is 11.5 Å². The Morgan fingerprint density at radius 2 is 2.08 bits per heavy atom. The Kier molecular flexibility index (Phi) is 4.98. The highest BCUT2D eigenvalue weighted by molar-refractivity contribution is 5.80. The number of nitrogens with one attached hydrogen (secondary N) is 2. The fourth-order valence-electron chi connectivity index (χ4n) is 0.530. The Balaban J connectivity index is 3.43. The second-order valence-electron chi connectivity index (χ2n) is 2.31. The zero-order valence-corrected chi connectivity index (χ0v) is 6.96. The molecule has 0 aliphatic rings. The monoisotopic (exact) mass is 174 g/mol. The summed E-state index contributed by atoms with van der Waals surface area (Å²) in [6.45, 7) is 0.347. The van der Waals surface area contributed by atoms with Crippen LogP contribution in [0, 0.1) is 0 Å². The zero-order chi connectivity index (χ0) is 9.56. The lowest BCUT2D eigenvalue weighted by molar-refractivity contribution is -0.121. The van der Waals surface area contributed by atoms with Gasteiger partial charge in [-0.3, -0.25) is 9.59 Å². The molecule has 0 rings (SSSR count). The fraction of sp³-hybridized carbons (Fsp3) is 0.667. The van der Waals surface area contributed by atoms with Crippen molar-refractivity contribution in [2.45, 2.75) is 6.04 Å². The summed E-state index contributed by atoms with van der Waals surface area (Å²) in [5.41, 5.74) is 10.2. The fourth-order valence-corrected chi connectivity index (χ4v) is 0.530. The minimum Gasteiger partial charge on any atom is -0.368 e. The molecule has 6 heteroatoms. The molecule has 0 spiro atoms. The van der Waals surface area contributed by atoms with Crippen LogP contribution >= 0.6 is 0 Å². The molecule has 0 aliphatic heterocycles. The van der Waals surface area contributed by atoms with E-state index in [4.69, 9.17) is 11.5 Å². The molecule has 0 saturated heterocycles. The predicted octanol–water partition coefficient (Wildman–Crippen LogP) is -2.87. The third kappa shape index (κ3) is 4.64. The van der Waals surface area contributed by atoms with Gasteiger partial charge >= 0.3 is 0 Å². The standard InChI is InChI=1S/C6H14N4O2/c1-9-5(11)3-10-2-4(7)6(8)12/h4,10H,2-3,7H2,1H3,(H2,8,12)(H,9,11). The van der Waals surface area contributed by atoms with Gasteiger partial charge in [-0.15, -0.1) is 0 Å². The van der Waals surface area contributed by atoms with E-state index in [1.54, 1.807) is 0 Å². The number of nitrogens with two attached hydrogens (primary N) is 2. The topological polar surface area (TPSA) is 110 Å². The minimum absolute atomic E-state index is 0.136. The molecule has 0 saturated carbocycles. The van der Waals surface area contributed by atoms with Gasteiger partial charge in [0.05, 0.1) is 12.6 Å². The summed E-state index contributed by atoms with van der Waals surface area (Å²) < 4.78 is 0. The van der Waals surface area contributed by atoms with E-state index in [9.17, 15) is 9.59 Å². The molecule has 0 fully saturated rings. The number of carbonyl (C=O) groups is 2. The van der Waals surface area contributed by atoms with Crippen LogP contribution in [-0.2, 0) is 9.59 Å². The number of carbonyl (C=O) groups excluding carboxylic acids is 2. The molecule has 12 heavy (non-hydrogen) atoms. The molecule has 0 aromatic heterocycles. The predicted molar refractivity (Wildman–Crippen MR) is 44.1 cm³/mol. The van der Waals surface area contributed by atoms with Gasteiger partial charge in [0.1, 0.15) is 0 Å². The maximum Gasteiger partial charge on any atom is 0.235 e. The molecule has 6 N–H and O–H groups in total. The maximum absolute atomic E-state index is 10.6. The molecule has 0 aliphatic carbocycles. The second-order valence-corrected chi connectivity index (χ2v) is 2.31. The van der Waals surface area contributed by atoms with E-state index in [0.717, 1.165) is 0 Å². The molecule has 0 aromatic rings. The van der Waals surface area contributed by atoms with E-state index in [2.05, 4.69) is 10.6 Å². The molecule has 6 nitrogen and oxygen atoms in total. The smallest absolute Gasteiger partial charge is 0.235 e. The Bertz CT molecular complexity index is 171. The second kappa shape index (κ2) is 5.50. The third-order valence-electron chi connectivity index (χ3n) is 1.29. The number of hydrogen-bond donors (Lipinski definition) is 4. The Morgan fingerprint density at radius 3 is 2.50 bits per heavy atom. The van der Waals surface area contributed by atoms with Gasteiger partial charge in [-0.2, -0.15) is 0 Å². The largest absolute Gasteiger partial charge is 0.368 e. The van der Waals surface area contributed by atoms with Crippen molar-refractivity contribution < 1.29 is 9.59 Å². The van der Waals surface area contributed by atoms with Gasteiger partial charge in [0.15, 0.2) is 0 Å². The molecule has 0 radical (unpaired) electrons. The van der Waals surface area contributed by atoms with Gasteiger partial charge in [-0.25, -0.2) is 0 Å². The highest BCUT2D eigenvalue weighted by Gasteiger charge is 2.08. The van der Waals surface area contributed by atoms with Gasteiger partial charge in [0.25, 0.3) is 0 Å². The lowest BCUT2D eigenvalue weighted by atomic mass is 10.3. The van der Waals surface area contributed by atoms with Crippen molar-refractivity contribution in [1.29, 1.82) is 0 Å². The van der Waals surface area contributed by atoms with Gasteiger partial charge < -0.3 is 22.1 Å². The van der Waals surface area contributed by atoms with Crippen molar-refractivity contribution in [3.05, 3.63) is 0 Å². The molecule has 2 amide bonds. The Morgan fingerprint density at radius 1 is 1.50 bits per heavy atom. The van der Waals surface area contributed by atoms with E-state index < -0.39 is 11.9 Å². The maximum atomic E-state index is 10.6. The average Bonchev–Trinajstić information content (AvgIpc) is 2.03. The van der Waals surface area contributed by atoms with Crippen LogP contribution in [0.5, 0.6) is 0 Å². The number of primary amides is 1. The van der Waals surface area contributed by atoms with Crippen LogP contribution in [0.3, 0.4) is 0 Å². The number of hydrogen-bond acceptors (Lipinski definition) is 4. The van der Waals surface area contributed by atoms with Crippen LogP contribution in [0.25, 0.3) is 0 Å². The Hall–Kier alpha value is -1.14. The van der Waals surface area contributed by atoms with Crippen molar-refractivity contribution >= 4 is 11.8 Å². The van der Waals surface area contributed by atoms with E-state index in [1.807, 2.05) is 0 Å². The summed E-state index contributed by atoms with van der Waals surface area (Å²) in [5.74, 6) is -0.744. The molecule has 0 heterocycles. The van der Waals surface area contributed by atoms with Gasteiger partial charge in [-0.05, 0) is 0 Å². The zero-order valence-electron chi connectivity index (χ0n) is 6.96. The average molecular weight is 174 g/mol. The van der Waals surface area contributed by atoms with Crippen LogP contribution in [-0.4, -0.2) is 38.0 Å². The molecule has 70 valence electrons. The van der Waals surface area contributed by atoms with Crippen LogP contribution < -0.4 is 22.1 Å². The molecular weight excluding hydrogens is 160 g/mol. The van der Waals surface area contributed by atoms with Crippen LogP contribution in [0.2, 0.25) is 0 Å². The van der Waals surface area contributed by atoms with Crippen LogP contribution in [0.15, 0.2) is 0 Å². The van der Waals surface area contributed by atoms with Crippen molar-refractivity contribution in [3.63, 3.8) is 0 Å². The van der Waals surface area contributed by atoms with E-state index >= 15 is 0 Å². The first kappa shape index (κ1) is 10.9. The van der Waals surface area contributed by atoms with Crippen molar-refractivity contribution in [2.75, 3.05) is 20.1 Å². The minimum atomic E-state index is -0.741. The van der Waals surface area contributed by atoms with Gasteiger partial charge in [0, 0.05) is 13.6 Å². The van der Waals surface area contributed by atoms with Gasteiger partial charge in [0.2, 0.25) is 11.8 Å². The first-order valence-electron chi connectivity index (χ1n) is 3.54. The lowest BCUT2D eigenvalue weighted by Crippen LogP contribution is -2.46. The van der Waals surface area contributed by atoms with E-state index in [-0.39, 0.29) is 19.0 Å². The molecular formula is C6H14N4O2. The van der Waals surface area contributed by atoms with Crippen molar-refractivity contribution in [1.82, 2.24) is 10.6 Å². The van der Waals surface area contributed by atoms with E-state index in [1.165, 1.54) is 7.05 Å². The molecule has 0 bridgehead atoms. The van der Waals surface area contributed by atoms with Crippen molar-refractivity contribution in [3.8, 4) is 0 Å². The summed E-state index contributed by atoms with van der Waals surface area (Å²) in [6, 6.07) is -0.741. The summed E-state index contributed by atoms with van der Waals surface area (Å²) in [5, 5.41) is 5.09. The lowest BCUT2D eigenvalue weighted by Gasteiger charge is -2.07. The SMILES string of the molecule is CNC(=O)CNCC(N)C(N)=O. The highest BCUT2D eigenvalue weighted by Crippen LogP contribution is 1.71. The van der Waals surface area contributed by atoms with E-state index in [0.29, 0.717) is 0 Å². The van der Waals surface area contributed by atoms with Crippen LogP contribution in [0.1, 0.15) is 0 Å². The quantitative estimate of drug-likeness (QED) is 0.359. The Labute approximate surface area is 70.7 Å². The normalized spacial score (nSPS) is 12.2. The summed E-state index contributed by atoms with van der Waals surface area (Å²) in [6.07, 6.45) is 0. The number of rotatable bonds is 5. The highest BCUT2D eigenvalue weighted by atomic mass is 16.2. The number of amides is 2. The van der Waals surface area contributed by atoms with Gasteiger partial charge in [-0.1, -0.05) is 0 Å². The third-order valence-corrected chi connectivity index (χ3v) is 1.29. The first-order valence-corrected chi connectivity index (χ1v) is 3.54. The molecule has 1 unspecified atom stereocenters. The number of likely N-dealkylation sites (N-methyl/N-ethyl adjacent to an activating group) is 1. The summed E-state index contributed by atoms with van der Waals surface area (Å²) >= 11 is 0. The summed E-state index contributed by atoms with van der Waals surface area (Å²) in [4.78, 5) is 21.0. The summed E-state index contributed by atoms with van der Waals surface area (Å²) in [7, 11) is 1.53. The molecule has 0 aromatic carbocycles. The first-order chi connectivity index (χ1) is 5.57.